The normalized spacial score (nSPS) is 20.2. The average Bonchev–Trinajstić information content (AvgIpc) is 3.54. The first kappa shape index (κ1) is 23.7. The quantitative estimate of drug-likeness (QED) is 0.458. The van der Waals surface area contributed by atoms with Crippen LogP contribution in [0.15, 0.2) is 30.3 Å². The lowest BCUT2D eigenvalue weighted by Gasteiger charge is -2.35. The van der Waals surface area contributed by atoms with Crippen molar-refractivity contribution in [2.75, 3.05) is 53.6 Å². The van der Waals surface area contributed by atoms with Crippen LogP contribution in [-0.4, -0.2) is 64.4 Å². The molecule has 5 heterocycles. The molecule has 0 spiro atoms. The van der Waals surface area contributed by atoms with Crippen LogP contribution in [0.4, 0.5) is 17.3 Å². The summed E-state index contributed by atoms with van der Waals surface area (Å²) in [7, 11) is 0. The van der Waals surface area contributed by atoms with Crippen molar-refractivity contribution in [3.63, 3.8) is 0 Å². The molecule has 190 valence electrons. The predicted molar refractivity (Wildman–Crippen MR) is 146 cm³/mol. The van der Waals surface area contributed by atoms with Gasteiger partial charge >= 0.3 is 0 Å². The van der Waals surface area contributed by atoms with Gasteiger partial charge in [-0.1, -0.05) is 23.5 Å². The Bertz CT molecular complexity index is 1270. The van der Waals surface area contributed by atoms with E-state index in [1.807, 2.05) is 27.8 Å². The van der Waals surface area contributed by atoms with Gasteiger partial charge in [0.05, 0.1) is 23.0 Å². The minimum Gasteiger partial charge on any atom is -0.356 e. The summed E-state index contributed by atoms with van der Waals surface area (Å²) >= 11 is 7.76. The summed E-state index contributed by atoms with van der Waals surface area (Å²) in [4.78, 5) is 23.1. The fraction of sp³-hybridized carbons (Fsp3) is 0.480. The van der Waals surface area contributed by atoms with E-state index in [-0.39, 0.29) is 11.9 Å². The highest BCUT2D eigenvalue weighted by atomic mass is 35.5. The largest absolute Gasteiger partial charge is 0.356 e. The molecule has 1 amide bonds. The molecule has 0 saturated carbocycles. The van der Waals surface area contributed by atoms with E-state index in [4.69, 9.17) is 21.7 Å². The number of halogens is 1. The molecule has 0 radical (unpaired) electrons. The molecule has 3 aromatic rings. The van der Waals surface area contributed by atoms with Crippen molar-refractivity contribution in [3.05, 3.63) is 46.6 Å². The SMILES string of the molecule is CSNc1ccc(Cl)cc1C(=O)N1CCCCC1c1cc2nc(N3CCC3)cc(N3CCCN3)n2n1. The summed E-state index contributed by atoms with van der Waals surface area (Å²) in [6.07, 6.45) is 7.14. The molecule has 1 atom stereocenters. The summed E-state index contributed by atoms with van der Waals surface area (Å²) in [5.41, 5.74) is 6.55. The van der Waals surface area contributed by atoms with Crippen LogP contribution in [0, 0.1) is 0 Å². The Morgan fingerprint density at radius 1 is 1.11 bits per heavy atom. The molecule has 2 aromatic heterocycles. The molecule has 11 heteroatoms. The maximum atomic E-state index is 13.9. The van der Waals surface area contributed by atoms with E-state index in [0.717, 1.165) is 80.5 Å². The first-order valence-corrected chi connectivity index (χ1v) is 14.3. The molecule has 1 aromatic carbocycles. The zero-order valence-corrected chi connectivity index (χ0v) is 22.0. The minimum absolute atomic E-state index is 0.0218. The van der Waals surface area contributed by atoms with Crippen LogP contribution in [0.5, 0.6) is 0 Å². The lowest BCUT2D eigenvalue weighted by molar-refractivity contribution is 0.0607. The second-order valence-corrected chi connectivity index (χ2v) is 10.6. The number of rotatable bonds is 6. The standard InChI is InChI=1S/C25H31ClN8OS/c1-36-30-19-8-7-17(26)14-18(19)25(35)32-12-3-2-6-21(32)20-15-23-28-22(31-10-5-11-31)16-24(34(23)29-20)33-13-4-9-27-33/h7-8,14-16,21,27,30H,2-6,9-13H2,1H3. The third-order valence-electron chi connectivity index (χ3n) is 7.26. The summed E-state index contributed by atoms with van der Waals surface area (Å²) in [6, 6.07) is 9.53. The van der Waals surface area contributed by atoms with Gasteiger partial charge in [-0.2, -0.15) is 9.61 Å². The van der Waals surface area contributed by atoms with E-state index < -0.39 is 0 Å². The number of nitrogens with one attached hydrogen (secondary N) is 2. The fourth-order valence-electron chi connectivity index (χ4n) is 5.28. The van der Waals surface area contributed by atoms with E-state index >= 15 is 0 Å². The monoisotopic (exact) mass is 526 g/mol. The van der Waals surface area contributed by atoms with Gasteiger partial charge in [0.25, 0.3) is 5.91 Å². The van der Waals surface area contributed by atoms with Crippen molar-refractivity contribution < 1.29 is 4.79 Å². The van der Waals surface area contributed by atoms with Crippen molar-refractivity contribution in [2.24, 2.45) is 0 Å². The van der Waals surface area contributed by atoms with Crippen molar-refractivity contribution >= 4 is 52.4 Å². The zero-order valence-electron chi connectivity index (χ0n) is 20.4. The lowest BCUT2D eigenvalue weighted by atomic mass is 9.98. The first-order valence-electron chi connectivity index (χ1n) is 12.7. The van der Waals surface area contributed by atoms with Gasteiger partial charge in [-0.25, -0.2) is 10.4 Å². The molecule has 3 aliphatic heterocycles. The lowest BCUT2D eigenvalue weighted by Crippen LogP contribution is -2.39. The molecule has 2 N–H and O–H groups in total. The number of hydrazine groups is 1. The van der Waals surface area contributed by atoms with Crippen molar-refractivity contribution in [1.29, 1.82) is 0 Å². The first-order chi connectivity index (χ1) is 17.6. The van der Waals surface area contributed by atoms with Gasteiger partial charge in [-0.3, -0.25) is 9.80 Å². The maximum Gasteiger partial charge on any atom is 0.256 e. The van der Waals surface area contributed by atoms with Gasteiger partial charge in [0, 0.05) is 56.1 Å². The van der Waals surface area contributed by atoms with Gasteiger partial charge in [0.2, 0.25) is 0 Å². The molecule has 6 rings (SSSR count). The number of anilines is 3. The van der Waals surface area contributed by atoms with E-state index in [0.29, 0.717) is 17.1 Å². The van der Waals surface area contributed by atoms with Gasteiger partial charge in [-0.15, -0.1) is 0 Å². The average molecular weight is 527 g/mol. The molecule has 36 heavy (non-hydrogen) atoms. The van der Waals surface area contributed by atoms with Gasteiger partial charge < -0.3 is 14.5 Å². The predicted octanol–water partition coefficient (Wildman–Crippen LogP) is 4.36. The maximum absolute atomic E-state index is 13.9. The van der Waals surface area contributed by atoms with Crippen molar-refractivity contribution in [2.45, 2.75) is 38.1 Å². The number of amides is 1. The third kappa shape index (κ3) is 4.35. The zero-order chi connectivity index (χ0) is 24.6. The number of likely N-dealkylation sites (tertiary alicyclic amines) is 1. The number of fused-ring (bicyclic) bond motifs is 1. The number of carbonyl (C=O) groups is 1. The fourth-order valence-corrected chi connectivity index (χ4v) is 5.85. The molecule has 0 bridgehead atoms. The van der Waals surface area contributed by atoms with Crippen LogP contribution in [0.2, 0.25) is 5.02 Å². The number of hydrogen-bond donors (Lipinski definition) is 2. The Morgan fingerprint density at radius 3 is 2.75 bits per heavy atom. The Hall–Kier alpha value is -2.69. The van der Waals surface area contributed by atoms with Crippen LogP contribution in [0.25, 0.3) is 5.65 Å². The topological polar surface area (TPSA) is 81.0 Å². The van der Waals surface area contributed by atoms with E-state index in [1.54, 1.807) is 6.07 Å². The van der Waals surface area contributed by atoms with E-state index in [2.05, 4.69) is 32.2 Å². The van der Waals surface area contributed by atoms with Crippen LogP contribution in [0.1, 0.15) is 54.2 Å². The number of carbonyl (C=O) groups excluding carboxylic acids is 1. The summed E-state index contributed by atoms with van der Waals surface area (Å²) in [5, 5.41) is 7.77. The highest BCUT2D eigenvalue weighted by molar-refractivity contribution is 7.99. The molecular weight excluding hydrogens is 496 g/mol. The molecule has 3 fully saturated rings. The molecule has 3 aliphatic rings. The summed E-state index contributed by atoms with van der Waals surface area (Å²) in [6.45, 7) is 4.65. The van der Waals surface area contributed by atoms with Gasteiger partial charge in [-0.05, 0) is 50.3 Å². The van der Waals surface area contributed by atoms with E-state index in [9.17, 15) is 4.79 Å². The van der Waals surface area contributed by atoms with Crippen LogP contribution in [-0.2, 0) is 0 Å². The Kier molecular flexibility index (Phi) is 6.57. The molecule has 3 saturated heterocycles. The number of benzene rings is 1. The number of piperidine rings is 1. The molecule has 1 unspecified atom stereocenters. The highest BCUT2D eigenvalue weighted by Gasteiger charge is 2.33. The van der Waals surface area contributed by atoms with Crippen LogP contribution < -0.4 is 20.1 Å². The van der Waals surface area contributed by atoms with Crippen molar-refractivity contribution in [1.82, 2.24) is 24.9 Å². The minimum atomic E-state index is -0.110. The van der Waals surface area contributed by atoms with Crippen LogP contribution in [0.3, 0.4) is 0 Å². The summed E-state index contributed by atoms with van der Waals surface area (Å²) in [5.74, 6) is 1.97. The number of aromatic nitrogens is 3. The Morgan fingerprint density at radius 2 is 2.00 bits per heavy atom. The van der Waals surface area contributed by atoms with Crippen LogP contribution >= 0.6 is 23.5 Å². The second kappa shape index (κ2) is 9.99. The molecule has 9 nitrogen and oxygen atoms in total. The number of nitrogens with zero attached hydrogens (tertiary/aromatic N) is 6. The molecular formula is C25H31ClN8OS. The second-order valence-electron chi connectivity index (χ2n) is 9.57. The third-order valence-corrected chi connectivity index (χ3v) is 7.92. The van der Waals surface area contributed by atoms with E-state index in [1.165, 1.54) is 18.4 Å². The Labute approximate surface area is 220 Å². The van der Waals surface area contributed by atoms with Gasteiger partial charge in [0.15, 0.2) is 5.65 Å². The smallest absolute Gasteiger partial charge is 0.256 e. The molecule has 0 aliphatic carbocycles. The van der Waals surface area contributed by atoms with Crippen molar-refractivity contribution in [3.8, 4) is 0 Å². The summed E-state index contributed by atoms with van der Waals surface area (Å²) < 4.78 is 5.17. The highest BCUT2D eigenvalue weighted by Crippen LogP contribution is 2.35. The van der Waals surface area contributed by atoms with Gasteiger partial charge in [0.1, 0.15) is 11.6 Å². The number of hydrogen-bond acceptors (Lipinski definition) is 8. The Balaban J connectivity index is 1.38.